The molecule has 30 heavy (non-hydrogen) atoms. The van der Waals surface area contributed by atoms with Crippen LogP contribution in [0, 0.1) is 16.0 Å². The van der Waals surface area contributed by atoms with Crippen molar-refractivity contribution >= 4 is 28.9 Å². The molecule has 0 radical (unpaired) electrons. The molecule has 0 unspecified atom stereocenters. The van der Waals surface area contributed by atoms with Crippen molar-refractivity contribution in [2.24, 2.45) is 5.92 Å². The van der Waals surface area contributed by atoms with E-state index in [4.69, 9.17) is 14.2 Å². The van der Waals surface area contributed by atoms with Crippen molar-refractivity contribution in [3.63, 3.8) is 0 Å². The average Bonchev–Trinajstić information content (AvgIpc) is 2.71. The monoisotopic (exact) mass is 417 g/mol. The second-order valence-electron chi connectivity index (χ2n) is 6.48. The number of amides is 2. The van der Waals surface area contributed by atoms with Crippen LogP contribution < -0.4 is 24.8 Å². The van der Waals surface area contributed by atoms with Crippen LogP contribution in [0.3, 0.4) is 0 Å². The number of carbonyl (C=O) groups is 2. The van der Waals surface area contributed by atoms with E-state index >= 15 is 0 Å². The van der Waals surface area contributed by atoms with Crippen molar-refractivity contribution in [1.29, 1.82) is 0 Å². The molecule has 2 aromatic rings. The van der Waals surface area contributed by atoms with Crippen LogP contribution in [0.15, 0.2) is 30.3 Å². The molecule has 0 bridgehead atoms. The molecule has 0 fully saturated rings. The Balaban J connectivity index is 2.44. The number of nitro benzene ring substituents is 1. The number of anilines is 2. The summed E-state index contributed by atoms with van der Waals surface area (Å²) in [5, 5.41) is 17.0. The minimum atomic E-state index is -0.756. The summed E-state index contributed by atoms with van der Waals surface area (Å²) in [6.07, 6.45) is 0. The molecular weight excluding hydrogens is 394 g/mol. The molecule has 0 aliphatic heterocycles. The number of nitrogens with zero attached hydrogens (tertiary/aromatic N) is 1. The molecule has 2 N–H and O–H groups in total. The first kappa shape index (κ1) is 22.5. The van der Waals surface area contributed by atoms with E-state index in [9.17, 15) is 19.7 Å². The Hall–Kier alpha value is -3.82. The van der Waals surface area contributed by atoms with Gasteiger partial charge in [-0.1, -0.05) is 19.9 Å². The lowest BCUT2D eigenvalue weighted by molar-refractivity contribution is -0.386. The fourth-order valence-corrected chi connectivity index (χ4v) is 2.66. The number of carbonyl (C=O) groups excluding carboxylic acids is 2. The molecular formula is C20H23N3O7. The highest BCUT2D eigenvalue weighted by Crippen LogP contribution is 2.46. The number of hydrogen-bond acceptors (Lipinski definition) is 7. The topological polar surface area (TPSA) is 129 Å². The summed E-state index contributed by atoms with van der Waals surface area (Å²) in [7, 11) is 3.87. The van der Waals surface area contributed by atoms with Gasteiger partial charge < -0.3 is 24.8 Å². The normalized spacial score (nSPS) is 10.3. The summed E-state index contributed by atoms with van der Waals surface area (Å²) >= 11 is 0. The van der Waals surface area contributed by atoms with Gasteiger partial charge in [0.2, 0.25) is 17.4 Å². The highest BCUT2D eigenvalue weighted by Gasteiger charge is 2.32. The van der Waals surface area contributed by atoms with E-state index in [-0.39, 0.29) is 34.6 Å². The average molecular weight is 417 g/mol. The summed E-state index contributed by atoms with van der Waals surface area (Å²) in [4.78, 5) is 35.7. The number of benzene rings is 2. The summed E-state index contributed by atoms with van der Waals surface area (Å²) in [5.74, 6) is -1.29. The maximum Gasteiger partial charge on any atom is 0.327 e. The smallest absolute Gasteiger partial charge is 0.327 e. The van der Waals surface area contributed by atoms with Gasteiger partial charge in [-0.25, -0.2) is 0 Å². The van der Waals surface area contributed by atoms with Crippen LogP contribution in [0.5, 0.6) is 17.2 Å². The molecule has 0 spiro atoms. The lowest BCUT2D eigenvalue weighted by Gasteiger charge is -2.15. The van der Waals surface area contributed by atoms with Crippen LogP contribution in [0.25, 0.3) is 0 Å². The number of rotatable bonds is 8. The maximum atomic E-state index is 12.9. The van der Waals surface area contributed by atoms with Crippen LogP contribution in [-0.4, -0.2) is 38.1 Å². The molecule has 10 nitrogen and oxygen atoms in total. The Morgan fingerprint density at radius 1 is 0.967 bits per heavy atom. The Morgan fingerprint density at radius 2 is 1.57 bits per heavy atom. The van der Waals surface area contributed by atoms with Gasteiger partial charge in [-0.15, -0.1) is 0 Å². The van der Waals surface area contributed by atoms with E-state index in [1.165, 1.54) is 27.4 Å². The van der Waals surface area contributed by atoms with E-state index < -0.39 is 16.5 Å². The molecule has 160 valence electrons. The lowest BCUT2D eigenvalue weighted by Crippen LogP contribution is -2.18. The molecule has 2 aromatic carbocycles. The third kappa shape index (κ3) is 4.77. The van der Waals surface area contributed by atoms with Crippen LogP contribution in [0.2, 0.25) is 0 Å². The fourth-order valence-electron chi connectivity index (χ4n) is 2.66. The lowest BCUT2D eigenvalue weighted by atomic mass is 10.1. The van der Waals surface area contributed by atoms with Crippen molar-refractivity contribution in [2.75, 3.05) is 32.0 Å². The van der Waals surface area contributed by atoms with E-state index in [1.54, 1.807) is 38.1 Å². The van der Waals surface area contributed by atoms with Gasteiger partial charge in [-0.3, -0.25) is 19.7 Å². The predicted octanol–water partition coefficient (Wildman–Crippen LogP) is 3.47. The number of ether oxygens (including phenoxy) is 3. The Kier molecular flexibility index (Phi) is 7.18. The second kappa shape index (κ2) is 9.59. The van der Waals surface area contributed by atoms with E-state index in [0.29, 0.717) is 11.4 Å². The zero-order chi connectivity index (χ0) is 22.4. The van der Waals surface area contributed by atoms with Gasteiger partial charge in [-0.05, 0) is 18.2 Å². The number of nitro groups is 1. The minimum absolute atomic E-state index is 0.00152. The first-order valence-corrected chi connectivity index (χ1v) is 8.93. The van der Waals surface area contributed by atoms with E-state index in [0.717, 1.165) is 0 Å². The summed E-state index contributed by atoms with van der Waals surface area (Å²) in [5.41, 5.74) is -0.0152. The zero-order valence-electron chi connectivity index (χ0n) is 17.3. The Bertz CT molecular complexity index is 973. The van der Waals surface area contributed by atoms with E-state index in [1.807, 2.05) is 0 Å². The third-order valence-electron chi connectivity index (χ3n) is 4.14. The molecule has 0 saturated heterocycles. The van der Waals surface area contributed by atoms with Gasteiger partial charge >= 0.3 is 5.69 Å². The molecule has 10 heteroatoms. The highest BCUT2D eigenvalue weighted by molar-refractivity contribution is 6.09. The van der Waals surface area contributed by atoms with Crippen molar-refractivity contribution in [1.82, 2.24) is 0 Å². The molecule has 0 heterocycles. The number of nitrogens with one attached hydrogen (secondary N) is 2. The SMILES string of the molecule is COc1cc(C(=O)Nc2cccc(NC(=O)C(C)C)c2)c([N+](=O)[O-])c(OC)c1OC. The molecule has 2 amide bonds. The Labute approximate surface area is 173 Å². The number of methoxy groups -OCH3 is 3. The molecule has 0 aliphatic rings. The molecule has 0 aliphatic carbocycles. The predicted molar refractivity (Wildman–Crippen MR) is 111 cm³/mol. The molecule has 0 aromatic heterocycles. The third-order valence-corrected chi connectivity index (χ3v) is 4.14. The van der Waals surface area contributed by atoms with Gasteiger partial charge in [0.25, 0.3) is 5.91 Å². The van der Waals surface area contributed by atoms with Crippen LogP contribution in [-0.2, 0) is 4.79 Å². The first-order valence-electron chi connectivity index (χ1n) is 8.93. The van der Waals surface area contributed by atoms with Crippen LogP contribution in [0.4, 0.5) is 17.1 Å². The molecule has 2 rings (SSSR count). The van der Waals surface area contributed by atoms with Crippen LogP contribution >= 0.6 is 0 Å². The van der Waals surface area contributed by atoms with Crippen molar-refractivity contribution in [2.45, 2.75) is 13.8 Å². The molecule has 0 atom stereocenters. The van der Waals surface area contributed by atoms with Crippen molar-refractivity contribution < 1.29 is 28.7 Å². The largest absolute Gasteiger partial charge is 0.493 e. The minimum Gasteiger partial charge on any atom is -0.493 e. The standard InChI is InChI=1S/C20H23N3O7/c1-11(2)19(24)21-12-7-6-8-13(9-12)22-20(25)14-10-15(28-3)17(29-4)18(30-5)16(14)23(26)27/h6-11H,1-5H3,(H,21,24)(H,22,25). The van der Waals surface area contributed by atoms with Crippen molar-refractivity contribution in [3.8, 4) is 17.2 Å². The van der Waals surface area contributed by atoms with Crippen molar-refractivity contribution in [3.05, 3.63) is 46.0 Å². The summed E-state index contributed by atoms with van der Waals surface area (Å²) < 4.78 is 15.5. The molecule has 0 saturated carbocycles. The van der Waals surface area contributed by atoms with Gasteiger partial charge in [-0.2, -0.15) is 0 Å². The van der Waals surface area contributed by atoms with Gasteiger partial charge in [0.1, 0.15) is 5.56 Å². The van der Waals surface area contributed by atoms with Gasteiger partial charge in [0.05, 0.1) is 26.3 Å². The van der Waals surface area contributed by atoms with Crippen LogP contribution in [0.1, 0.15) is 24.2 Å². The fraction of sp³-hybridized carbons (Fsp3) is 0.300. The second-order valence-corrected chi connectivity index (χ2v) is 6.48. The summed E-state index contributed by atoms with van der Waals surface area (Å²) in [6.45, 7) is 3.51. The van der Waals surface area contributed by atoms with Gasteiger partial charge in [0, 0.05) is 23.4 Å². The van der Waals surface area contributed by atoms with E-state index in [2.05, 4.69) is 10.6 Å². The quantitative estimate of drug-likeness (QED) is 0.497. The Morgan fingerprint density at radius 3 is 2.07 bits per heavy atom. The summed E-state index contributed by atoms with van der Waals surface area (Å²) in [6, 6.07) is 7.64. The highest BCUT2D eigenvalue weighted by atomic mass is 16.6. The first-order chi connectivity index (χ1) is 14.2. The maximum absolute atomic E-state index is 12.9. The van der Waals surface area contributed by atoms with Gasteiger partial charge in [0.15, 0.2) is 5.75 Å². The zero-order valence-corrected chi connectivity index (χ0v) is 17.3. The number of hydrogen-bond donors (Lipinski definition) is 2.